The number of ether oxygens (including phenoxy) is 1. The molecule has 10 heteroatoms. The summed E-state index contributed by atoms with van der Waals surface area (Å²) in [5, 5.41) is 5.28. The molecule has 1 heterocycles. The van der Waals surface area contributed by atoms with Gasteiger partial charge in [0.15, 0.2) is 8.32 Å². The van der Waals surface area contributed by atoms with Gasteiger partial charge in [-0.3, -0.25) is 0 Å². The Balaban J connectivity index is 2.24. The highest BCUT2D eigenvalue weighted by Gasteiger charge is 2.38. The first kappa shape index (κ1) is 24.8. The van der Waals surface area contributed by atoms with Crippen LogP contribution in [0.5, 0.6) is 5.75 Å². The van der Waals surface area contributed by atoms with E-state index in [-0.39, 0.29) is 32.6 Å². The Bertz CT molecular complexity index is 820. The van der Waals surface area contributed by atoms with Crippen LogP contribution < -0.4 is 4.74 Å². The Hall–Kier alpha value is -0.503. The highest BCUT2D eigenvalue weighted by molar-refractivity contribution is 6.69. The van der Waals surface area contributed by atoms with Gasteiger partial charge in [0.2, 0.25) is 0 Å². The van der Waals surface area contributed by atoms with Crippen LogP contribution in [0.4, 0.5) is 0 Å². The number of benzene rings is 1. The summed E-state index contributed by atoms with van der Waals surface area (Å²) in [6.45, 7) is 13.4. The van der Waals surface area contributed by atoms with Gasteiger partial charge in [-0.15, -0.1) is 0 Å². The summed E-state index contributed by atoms with van der Waals surface area (Å²) in [5.74, 6) is 0.391. The largest absolute Gasteiger partial charge is 0.492 e. The van der Waals surface area contributed by atoms with E-state index in [1.165, 1.54) is 6.33 Å². The van der Waals surface area contributed by atoms with Crippen LogP contribution in [-0.2, 0) is 4.43 Å². The van der Waals surface area contributed by atoms with Crippen molar-refractivity contribution in [1.82, 2.24) is 14.8 Å². The summed E-state index contributed by atoms with van der Waals surface area (Å²) in [7, 11) is -1.81. The second-order valence-electron chi connectivity index (χ2n) is 8.90. The van der Waals surface area contributed by atoms with Gasteiger partial charge >= 0.3 is 0 Å². The van der Waals surface area contributed by atoms with Gasteiger partial charge in [0, 0.05) is 12.5 Å². The molecule has 0 radical (unpaired) electrons. The van der Waals surface area contributed by atoms with Crippen LogP contribution in [0.1, 0.15) is 33.2 Å². The number of rotatable bonds is 8. The SMILES string of the molecule is CC(C)(C)C(O[Si](C)(C)C)C(CCOc1cc(Cl)c(Cl)c(Cl)c1Cl)n1cncn1. The quantitative estimate of drug-likeness (QED) is 0.220. The van der Waals surface area contributed by atoms with E-state index in [1.807, 2.05) is 4.68 Å². The molecule has 2 atom stereocenters. The van der Waals surface area contributed by atoms with E-state index in [0.717, 1.165) is 0 Å². The van der Waals surface area contributed by atoms with Crippen LogP contribution >= 0.6 is 46.4 Å². The van der Waals surface area contributed by atoms with E-state index in [1.54, 1.807) is 12.4 Å². The van der Waals surface area contributed by atoms with Gasteiger partial charge in [0.05, 0.1) is 33.8 Å². The van der Waals surface area contributed by atoms with Gasteiger partial charge in [-0.05, 0) is 25.1 Å². The maximum atomic E-state index is 6.58. The van der Waals surface area contributed by atoms with Crippen molar-refractivity contribution in [2.24, 2.45) is 5.41 Å². The fourth-order valence-electron chi connectivity index (χ4n) is 2.97. The minimum Gasteiger partial charge on any atom is -0.492 e. The number of nitrogens with zero attached hydrogens (tertiary/aromatic N) is 3. The molecule has 0 aliphatic heterocycles. The average Bonchev–Trinajstić information content (AvgIpc) is 3.12. The van der Waals surface area contributed by atoms with Crippen molar-refractivity contribution in [3.05, 3.63) is 38.8 Å². The average molecular weight is 499 g/mol. The molecule has 0 N–H and O–H groups in total. The summed E-state index contributed by atoms with van der Waals surface area (Å²) >= 11 is 24.5. The Kier molecular flexibility index (Phi) is 8.33. The van der Waals surface area contributed by atoms with Crippen molar-refractivity contribution in [1.29, 1.82) is 0 Å². The van der Waals surface area contributed by atoms with Crippen LogP contribution in [0, 0.1) is 5.41 Å². The molecule has 2 aromatic rings. The molecular formula is C19H27Cl4N3O2Si. The maximum Gasteiger partial charge on any atom is 0.184 e. The fraction of sp³-hybridized carbons (Fsp3) is 0.579. The highest BCUT2D eigenvalue weighted by Crippen LogP contribution is 2.42. The zero-order valence-electron chi connectivity index (χ0n) is 17.5. The second kappa shape index (κ2) is 9.75. The van der Waals surface area contributed by atoms with Crippen molar-refractivity contribution >= 4 is 54.7 Å². The molecule has 0 amide bonds. The van der Waals surface area contributed by atoms with E-state index in [9.17, 15) is 0 Å². The Morgan fingerprint density at radius 3 is 2.24 bits per heavy atom. The van der Waals surface area contributed by atoms with Crippen LogP contribution in [-0.4, -0.2) is 35.8 Å². The minimum absolute atomic E-state index is 0.0683. The molecule has 1 aromatic heterocycles. The van der Waals surface area contributed by atoms with E-state index in [4.69, 9.17) is 55.6 Å². The van der Waals surface area contributed by atoms with E-state index in [0.29, 0.717) is 23.8 Å². The second-order valence-corrected chi connectivity index (χ2v) is 14.9. The van der Waals surface area contributed by atoms with Crippen LogP contribution in [0.25, 0.3) is 0 Å². The summed E-state index contributed by atoms with van der Waals surface area (Å²) < 4.78 is 14.3. The third kappa shape index (κ3) is 6.74. The van der Waals surface area contributed by atoms with Gasteiger partial charge in [0.1, 0.15) is 23.4 Å². The Morgan fingerprint density at radius 1 is 1.07 bits per heavy atom. The first-order valence-corrected chi connectivity index (χ1v) is 14.2. The van der Waals surface area contributed by atoms with Crippen molar-refractivity contribution in [3.63, 3.8) is 0 Å². The molecule has 0 aliphatic rings. The number of hydrogen-bond donors (Lipinski definition) is 0. The lowest BCUT2D eigenvalue weighted by molar-refractivity contribution is 0.0196. The minimum atomic E-state index is -1.81. The third-order valence-corrected chi connectivity index (χ3v) is 6.90. The smallest absolute Gasteiger partial charge is 0.184 e. The van der Waals surface area contributed by atoms with Gasteiger partial charge in [-0.1, -0.05) is 67.2 Å². The Labute approximate surface area is 193 Å². The summed E-state index contributed by atoms with van der Waals surface area (Å²) in [5.41, 5.74) is -0.110. The molecule has 0 saturated heterocycles. The molecule has 2 rings (SSSR count). The third-order valence-electron chi connectivity index (χ3n) is 4.20. The summed E-state index contributed by atoms with van der Waals surface area (Å²) in [6.07, 6.45) is 3.79. The maximum absolute atomic E-state index is 6.58. The Morgan fingerprint density at radius 2 is 1.72 bits per heavy atom. The van der Waals surface area contributed by atoms with Crippen LogP contribution in [0.15, 0.2) is 18.7 Å². The molecule has 1 aromatic carbocycles. The van der Waals surface area contributed by atoms with Crippen molar-refractivity contribution in [3.8, 4) is 5.75 Å². The fourth-order valence-corrected chi connectivity index (χ4v) is 5.08. The normalized spacial score (nSPS) is 14.7. The number of aromatic nitrogens is 3. The lowest BCUT2D eigenvalue weighted by atomic mass is 9.83. The van der Waals surface area contributed by atoms with Gasteiger partial charge in [0.25, 0.3) is 0 Å². The molecule has 2 unspecified atom stereocenters. The topological polar surface area (TPSA) is 49.2 Å². The monoisotopic (exact) mass is 497 g/mol. The predicted octanol–water partition coefficient (Wildman–Crippen LogP) is 7.17. The molecule has 0 spiro atoms. The molecular weight excluding hydrogens is 472 g/mol. The van der Waals surface area contributed by atoms with Crippen LogP contribution in [0.2, 0.25) is 39.7 Å². The first-order valence-electron chi connectivity index (χ1n) is 9.29. The van der Waals surface area contributed by atoms with Crippen molar-refractivity contribution in [2.75, 3.05) is 6.61 Å². The molecule has 0 bridgehead atoms. The predicted molar refractivity (Wildman–Crippen MR) is 123 cm³/mol. The zero-order valence-corrected chi connectivity index (χ0v) is 21.5. The van der Waals surface area contributed by atoms with Crippen molar-refractivity contribution in [2.45, 2.75) is 59.0 Å². The number of halogens is 4. The van der Waals surface area contributed by atoms with Gasteiger partial charge in [-0.2, -0.15) is 5.10 Å². The summed E-state index contributed by atoms with van der Waals surface area (Å²) in [6, 6.07) is 1.50. The standard InChI is InChI=1S/C19H27Cl4N3O2Si/c1-19(2,3)18(28-29(4,5)6)13(26-11-24-10-25-26)7-8-27-14-9-12(20)15(21)17(23)16(14)22/h9-11,13,18H,7-8H2,1-6H3. The molecule has 29 heavy (non-hydrogen) atoms. The molecule has 5 nitrogen and oxygen atoms in total. The highest BCUT2D eigenvalue weighted by atomic mass is 35.5. The van der Waals surface area contributed by atoms with Gasteiger partial charge in [-0.25, -0.2) is 9.67 Å². The van der Waals surface area contributed by atoms with E-state index >= 15 is 0 Å². The first-order chi connectivity index (χ1) is 13.3. The molecule has 0 fully saturated rings. The molecule has 0 aliphatic carbocycles. The number of hydrogen-bond acceptors (Lipinski definition) is 4. The molecule has 0 saturated carbocycles. The summed E-state index contributed by atoms with van der Waals surface area (Å²) in [4.78, 5) is 4.11. The zero-order chi connectivity index (χ0) is 22.0. The van der Waals surface area contributed by atoms with E-state index in [2.05, 4.69) is 50.5 Å². The molecule has 162 valence electrons. The van der Waals surface area contributed by atoms with Crippen molar-refractivity contribution < 1.29 is 9.16 Å². The van der Waals surface area contributed by atoms with E-state index < -0.39 is 8.32 Å². The van der Waals surface area contributed by atoms with Gasteiger partial charge < -0.3 is 9.16 Å². The van der Waals surface area contributed by atoms with Crippen LogP contribution in [0.3, 0.4) is 0 Å². The lowest BCUT2D eigenvalue weighted by Crippen LogP contribution is -2.45. The lowest BCUT2D eigenvalue weighted by Gasteiger charge is -2.40.